The number of nitrogen functional groups attached to an aromatic ring is 1. The lowest BCUT2D eigenvalue weighted by molar-refractivity contribution is 0.218. The van der Waals surface area contributed by atoms with E-state index in [0.717, 1.165) is 47.9 Å². The number of nitrogens with one attached hydrogen (secondary N) is 2. The van der Waals surface area contributed by atoms with Gasteiger partial charge in [-0.05, 0) is 44.0 Å². The number of pyridine rings is 2. The number of H-pyrrole nitrogens is 1. The van der Waals surface area contributed by atoms with Crippen LogP contribution >= 0.6 is 0 Å². The zero-order valence-corrected chi connectivity index (χ0v) is 12.3. The molecular formula is C16H19N5O. The molecular weight excluding hydrogens is 278 g/mol. The molecule has 0 aliphatic carbocycles. The average molecular weight is 297 g/mol. The number of rotatable bonds is 3. The van der Waals surface area contributed by atoms with Crippen LogP contribution in [-0.2, 0) is 0 Å². The Kier molecular flexibility index (Phi) is 3.31. The molecule has 6 heteroatoms. The van der Waals surface area contributed by atoms with Crippen LogP contribution in [-0.4, -0.2) is 34.6 Å². The molecule has 0 aromatic carbocycles. The van der Waals surface area contributed by atoms with Crippen LogP contribution in [0.2, 0.25) is 0 Å². The number of nitrogens with zero attached hydrogens (tertiary/aromatic N) is 2. The molecule has 4 N–H and O–H groups in total. The van der Waals surface area contributed by atoms with E-state index in [2.05, 4.69) is 20.3 Å². The molecule has 6 nitrogen and oxygen atoms in total. The van der Waals surface area contributed by atoms with E-state index < -0.39 is 0 Å². The number of anilines is 1. The minimum Gasteiger partial charge on any atom is -0.489 e. The van der Waals surface area contributed by atoms with E-state index in [0.29, 0.717) is 24.1 Å². The van der Waals surface area contributed by atoms with Crippen molar-refractivity contribution in [3.8, 4) is 5.75 Å². The van der Waals surface area contributed by atoms with E-state index in [1.807, 2.05) is 12.1 Å². The minimum absolute atomic E-state index is 0.436. The largest absolute Gasteiger partial charge is 0.489 e. The molecule has 1 aliphatic rings. The predicted molar refractivity (Wildman–Crippen MR) is 86.9 cm³/mol. The fourth-order valence-electron chi connectivity index (χ4n) is 3.10. The Morgan fingerprint density at radius 3 is 3.00 bits per heavy atom. The number of piperidine rings is 1. The SMILES string of the molecule is Nc1ncc2[nH]c3ncccc3c2c1OCC1CCNCC1. The van der Waals surface area contributed by atoms with Crippen molar-refractivity contribution in [3.05, 3.63) is 24.5 Å². The number of fused-ring (bicyclic) bond motifs is 3. The van der Waals surface area contributed by atoms with Crippen molar-refractivity contribution >= 4 is 27.8 Å². The molecule has 4 heterocycles. The number of hydrogen-bond donors (Lipinski definition) is 3. The quantitative estimate of drug-likeness (QED) is 0.688. The molecule has 0 bridgehead atoms. The number of aromatic nitrogens is 3. The summed E-state index contributed by atoms with van der Waals surface area (Å²) in [5.41, 5.74) is 7.81. The van der Waals surface area contributed by atoms with Gasteiger partial charge in [0, 0.05) is 11.6 Å². The second-order valence-corrected chi connectivity index (χ2v) is 5.79. The molecule has 0 spiro atoms. The Hall–Kier alpha value is -2.34. The molecule has 114 valence electrons. The van der Waals surface area contributed by atoms with E-state index in [1.54, 1.807) is 12.4 Å². The van der Waals surface area contributed by atoms with Crippen LogP contribution < -0.4 is 15.8 Å². The number of aromatic amines is 1. The van der Waals surface area contributed by atoms with Gasteiger partial charge in [0.15, 0.2) is 11.6 Å². The molecule has 0 atom stereocenters. The molecule has 22 heavy (non-hydrogen) atoms. The predicted octanol–water partition coefficient (Wildman–Crippen LogP) is 2.07. The van der Waals surface area contributed by atoms with Gasteiger partial charge in [-0.1, -0.05) is 0 Å². The maximum atomic E-state index is 6.09. The highest BCUT2D eigenvalue weighted by Gasteiger charge is 2.18. The maximum Gasteiger partial charge on any atom is 0.171 e. The van der Waals surface area contributed by atoms with Gasteiger partial charge >= 0.3 is 0 Å². The number of nitrogens with two attached hydrogens (primary N) is 1. The summed E-state index contributed by atoms with van der Waals surface area (Å²) in [5.74, 6) is 1.68. The lowest BCUT2D eigenvalue weighted by Crippen LogP contribution is -2.30. The summed E-state index contributed by atoms with van der Waals surface area (Å²) in [6.07, 6.45) is 5.78. The van der Waals surface area contributed by atoms with E-state index in [1.165, 1.54) is 0 Å². The highest BCUT2D eigenvalue weighted by molar-refractivity contribution is 6.10. The third-order valence-electron chi connectivity index (χ3n) is 4.31. The van der Waals surface area contributed by atoms with Crippen LogP contribution in [0.3, 0.4) is 0 Å². The number of ether oxygens (including phenoxy) is 1. The third kappa shape index (κ3) is 2.25. The topological polar surface area (TPSA) is 88.9 Å². The molecule has 1 aliphatic heterocycles. The second kappa shape index (κ2) is 5.46. The molecule has 0 radical (unpaired) electrons. The van der Waals surface area contributed by atoms with Crippen LogP contribution in [0.4, 0.5) is 5.82 Å². The van der Waals surface area contributed by atoms with Crippen molar-refractivity contribution in [2.75, 3.05) is 25.4 Å². The fourth-order valence-corrected chi connectivity index (χ4v) is 3.10. The first kappa shape index (κ1) is 13.3. The van der Waals surface area contributed by atoms with Crippen molar-refractivity contribution in [3.63, 3.8) is 0 Å². The van der Waals surface area contributed by atoms with Gasteiger partial charge in [0.2, 0.25) is 0 Å². The van der Waals surface area contributed by atoms with Gasteiger partial charge < -0.3 is 20.8 Å². The first-order chi connectivity index (χ1) is 10.8. The van der Waals surface area contributed by atoms with E-state index in [-0.39, 0.29) is 0 Å². The van der Waals surface area contributed by atoms with Gasteiger partial charge in [-0.3, -0.25) is 0 Å². The van der Waals surface area contributed by atoms with Crippen LogP contribution in [0.5, 0.6) is 5.75 Å². The van der Waals surface area contributed by atoms with Crippen molar-refractivity contribution in [1.82, 2.24) is 20.3 Å². The summed E-state index contributed by atoms with van der Waals surface area (Å²) < 4.78 is 6.09. The third-order valence-corrected chi connectivity index (χ3v) is 4.31. The molecule has 0 saturated carbocycles. The Morgan fingerprint density at radius 1 is 1.27 bits per heavy atom. The van der Waals surface area contributed by atoms with Gasteiger partial charge in [-0.2, -0.15) is 0 Å². The van der Waals surface area contributed by atoms with Crippen molar-refractivity contribution in [1.29, 1.82) is 0 Å². The molecule has 4 rings (SSSR count). The summed E-state index contributed by atoms with van der Waals surface area (Å²) in [4.78, 5) is 11.9. The summed E-state index contributed by atoms with van der Waals surface area (Å²) in [5, 5.41) is 5.36. The summed E-state index contributed by atoms with van der Waals surface area (Å²) >= 11 is 0. The normalized spacial score (nSPS) is 16.4. The van der Waals surface area contributed by atoms with Gasteiger partial charge in [-0.15, -0.1) is 0 Å². The highest BCUT2D eigenvalue weighted by Crippen LogP contribution is 2.35. The Morgan fingerprint density at radius 2 is 2.14 bits per heavy atom. The van der Waals surface area contributed by atoms with Crippen LogP contribution in [0, 0.1) is 5.92 Å². The van der Waals surface area contributed by atoms with E-state index in [9.17, 15) is 0 Å². The average Bonchev–Trinajstić information content (AvgIpc) is 2.94. The lowest BCUT2D eigenvalue weighted by Gasteiger charge is -2.23. The molecule has 1 fully saturated rings. The first-order valence-corrected chi connectivity index (χ1v) is 7.67. The zero-order chi connectivity index (χ0) is 14.9. The Balaban J connectivity index is 1.73. The van der Waals surface area contributed by atoms with Crippen LogP contribution in [0.1, 0.15) is 12.8 Å². The van der Waals surface area contributed by atoms with Crippen LogP contribution in [0.15, 0.2) is 24.5 Å². The summed E-state index contributed by atoms with van der Waals surface area (Å²) in [6, 6.07) is 3.95. The highest BCUT2D eigenvalue weighted by atomic mass is 16.5. The van der Waals surface area contributed by atoms with E-state index in [4.69, 9.17) is 10.5 Å². The maximum absolute atomic E-state index is 6.09. The molecule has 1 saturated heterocycles. The molecule has 0 amide bonds. The van der Waals surface area contributed by atoms with Crippen molar-refractivity contribution in [2.45, 2.75) is 12.8 Å². The first-order valence-electron chi connectivity index (χ1n) is 7.67. The standard InChI is InChI=1S/C16H19N5O/c17-15-14(22-9-10-3-6-18-7-4-10)13-11-2-1-5-19-16(11)21-12(13)8-20-15/h1-2,5,8,10,18H,3-4,6-7,9H2,(H2,17,20)(H,19,21). The van der Waals surface area contributed by atoms with Crippen LogP contribution in [0.25, 0.3) is 21.9 Å². The molecule has 0 unspecified atom stereocenters. The monoisotopic (exact) mass is 297 g/mol. The van der Waals surface area contributed by atoms with Gasteiger partial charge in [0.25, 0.3) is 0 Å². The van der Waals surface area contributed by atoms with Crippen molar-refractivity contribution in [2.24, 2.45) is 5.92 Å². The minimum atomic E-state index is 0.436. The van der Waals surface area contributed by atoms with Gasteiger partial charge in [-0.25, -0.2) is 9.97 Å². The smallest absolute Gasteiger partial charge is 0.171 e. The van der Waals surface area contributed by atoms with Gasteiger partial charge in [0.05, 0.1) is 23.7 Å². The molecule has 3 aromatic heterocycles. The van der Waals surface area contributed by atoms with Gasteiger partial charge in [0.1, 0.15) is 5.65 Å². The summed E-state index contributed by atoms with van der Waals surface area (Å²) in [6.45, 7) is 2.80. The zero-order valence-electron chi connectivity index (χ0n) is 12.3. The lowest BCUT2D eigenvalue weighted by atomic mass is 9.99. The Bertz CT molecular complexity index is 807. The number of hydrogen-bond acceptors (Lipinski definition) is 5. The summed E-state index contributed by atoms with van der Waals surface area (Å²) in [7, 11) is 0. The van der Waals surface area contributed by atoms with Crippen molar-refractivity contribution < 1.29 is 4.74 Å². The van der Waals surface area contributed by atoms with E-state index >= 15 is 0 Å². The second-order valence-electron chi connectivity index (χ2n) is 5.79. The molecule has 3 aromatic rings. The fraction of sp³-hybridized carbons (Fsp3) is 0.375. The Labute approximate surface area is 128 Å².